The molecule has 1 amide bonds. The first kappa shape index (κ1) is 19.0. The van der Waals surface area contributed by atoms with Gasteiger partial charge in [0.15, 0.2) is 11.5 Å². The second-order valence-corrected chi connectivity index (χ2v) is 6.95. The van der Waals surface area contributed by atoms with Crippen LogP contribution in [-0.2, 0) is 9.53 Å². The predicted molar refractivity (Wildman–Crippen MR) is 101 cm³/mol. The highest BCUT2D eigenvalue weighted by Crippen LogP contribution is 2.38. The number of carbonyl (C=O) groups is 1. The molecule has 0 aromatic heterocycles. The summed E-state index contributed by atoms with van der Waals surface area (Å²) in [5, 5.41) is 3.51. The first-order valence-corrected chi connectivity index (χ1v) is 9.32. The molecule has 2 atom stereocenters. The lowest BCUT2D eigenvalue weighted by Crippen LogP contribution is -2.51. The maximum atomic E-state index is 12.3. The third-order valence-electron chi connectivity index (χ3n) is 4.76. The second-order valence-electron chi connectivity index (χ2n) is 6.55. The molecule has 3 rings (SSSR count). The molecular formula is C19H25ClN2O4. The monoisotopic (exact) mass is 380 g/mol. The van der Waals surface area contributed by atoms with Crippen LogP contribution in [0.1, 0.15) is 19.4 Å². The first-order chi connectivity index (χ1) is 12.5. The number of morpholine rings is 1. The van der Waals surface area contributed by atoms with E-state index in [-0.39, 0.29) is 18.0 Å². The molecule has 1 saturated heterocycles. The van der Waals surface area contributed by atoms with Crippen molar-refractivity contribution in [3.63, 3.8) is 0 Å². The standard InChI is InChI=1S/C19H25ClN2O4/c1-13(14(2)22-5-7-24-8-6-22)21-18(23)4-3-15-11-16(20)19-17(12-15)25-9-10-26-19/h3-4,11-14H,5-10H2,1-2H3,(H,21,23). The van der Waals surface area contributed by atoms with Gasteiger partial charge in [-0.2, -0.15) is 0 Å². The van der Waals surface area contributed by atoms with E-state index in [1.165, 1.54) is 6.08 Å². The summed E-state index contributed by atoms with van der Waals surface area (Å²) in [4.78, 5) is 14.6. The smallest absolute Gasteiger partial charge is 0.244 e. The molecule has 2 unspecified atom stereocenters. The summed E-state index contributed by atoms with van der Waals surface area (Å²) in [6.07, 6.45) is 3.25. The summed E-state index contributed by atoms with van der Waals surface area (Å²) in [7, 11) is 0. The van der Waals surface area contributed by atoms with Crippen molar-refractivity contribution in [1.82, 2.24) is 10.2 Å². The zero-order chi connectivity index (χ0) is 18.5. The van der Waals surface area contributed by atoms with E-state index in [0.29, 0.717) is 29.7 Å². The number of nitrogens with zero attached hydrogens (tertiary/aromatic N) is 1. The van der Waals surface area contributed by atoms with Crippen LogP contribution in [0.3, 0.4) is 0 Å². The zero-order valence-corrected chi connectivity index (χ0v) is 15.9. The van der Waals surface area contributed by atoms with Crippen molar-refractivity contribution in [2.75, 3.05) is 39.5 Å². The largest absolute Gasteiger partial charge is 0.486 e. The lowest BCUT2D eigenvalue weighted by atomic mass is 10.1. The van der Waals surface area contributed by atoms with E-state index >= 15 is 0 Å². The molecule has 1 fully saturated rings. The molecule has 6 nitrogen and oxygen atoms in total. The quantitative estimate of drug-likeness (QED) is 0.794. The molecule has 0 bridgehead atoms. The minimum Gasteiger partial charge on any atom is -0.486 e. The van der Waals surface area contributed by atoms with Gasteiger partial charge < -0.3 is 19.5 Å². The van der Waals surface area contributed by atoms with E-state index in [1.807, 2.05) is 13.0 Å². The highest BCUT2D eigenvalue weighted by Gasteiger charge is 2.22. The van der Waals surface area contributed by atoms with Gasteiger partial charge >= 0.3 is 0 Å². The van der Waals surface area contributed by atoms with Gasteiger partial charge in [-0.1, -0.05) is 11.6 Å². The van der Waals surface area contributed by atoms with Gasteiger partial charge in [-0.25, -0.2) is 0 Å². The number of fused-ring (bicyclic) bond motifs is 1. The topological polar surface area (TPSA) is 60.0 Å². The number of hydrogen-bond acceptors (Lipinski definition) is 5. The molecule has 0 spiro atoms. The van der Waals surface area contributed by atoms with Crippen molar-refractivity contribution >= 4 is 23.6 Å². The molecule has 2 aliphatic rings. The average Bonchev–Trinajstić information content (AvgIpc) is 2.66. The Bertz CT molecular complexity index is 674. The van der Waals surface area contributed by atoms with E-state index in [2.05, 4.69) is 17.1 Å². The lowest BCUT2D eigenvalue weighted by Gasteiger charge is -2.35. The first-order valence-electron chi connectivity index (χ1n) is 8.94. The molecule has 0 aliphatic carbocycles. The molecule has 1 N–H and O–H groups in total. The van der Waals surface area contributed by atoms with Crippen LogP contribution in [-0.4, -0.2) is 62.4 Å². The maximum Gasteiger partial charge on any atom is 0.244 e. The van der Waals surface area contributed by atoms with Crippen molar-refractivity contribution in [2.45, 2.75) is 25.9 Å². The van der Waals surface area contributed by atoms with Gasteiger partial charge in [-0.3, -0.25) is 9.69 Å². The molecule has 1 aromatic rings. The summed E-state index contributed by atoms with van der Waals surface area (Å²) in [6.45, 7) is 8.41. The summed E-state index contributed by atoms with van der Waals surface area (Å²) in [6, 6.07) is 3.87. The van der Waals surface area contributed by atoms with Crippen molar-refractivity contribution in [1.29, 1.82) is 0 Å². The van der Waals surface area contributed by atoms with Gasteiger partial charge in [0.2, 0.25) is 5.91 Å². The van der Waals surface area contributed by atoms with Crippen LogP contribution < -0.4 is 14.8 Å². The number of hydrogen-bond donors (Lipinski definition) is 1. The maximum absolute atomic E-state index is 12.3. The van der Waals surface area contributed by atoms with Crippen LogP contribution in [0.5, 0.6) is 11.5 Å². The Kier molecular flexibility index (Phi) is 6.40. The number of benzene rings is 1. The molecule has 2 aliphatic heterocycles. The third kappa shape index (κ3) is 4.69. The average molecular weight is 381 g/mol. The van der Waals surface area contributed by atoms with Crippen LogP contribution in [0.4, 0.5) is 0 Å². The van der Waals surface area contributed by atoms with Gasteiger partial charge in [-0.05, 0) is 37.6 Å². The van der Waals surface area contributed by atoms with Crippen LogP contribution >= 0.6 is 11.6 Å². The van der Waals surface area contributed by atoms with Gasteiger partial charge in [0.05, 0.1) is 18.2 Å². The summed E-state index contributed by atoms with van der Waals surface area (Å²) in [5.41, 5.74) is 0.795. The Morgan fingerprint density at radius 2 is 1.92 bits per heavy atom. The van der Waals surface area contributed by atoms with Crippen LogP contribution in [0.15, 0.2) is 18.2 Å². The molecule has 26 heavy (non-hydrogen) atoms. The Labute approximate surface area is 159 Å². The minimum atomic E-state index is -0.136. The SMILES string of the molecule is CC(NC(=O)C=Cc1cc(Cl)c2c(c1)OCCO2)C(C)N1CCOCC1. The summed E-state index contributed by atoms with van der Waals surface area (Å²) >= 11 is 6.22. The molecule has 2 heterocycles. The number of nitrogens with one attached hydrogen (secondary N) is 1. The van der Waals surface area contributed by atoms with Crippen molar-refractivity contribution in [3.05, 3.63) is 28.8 Å². The fourth-order valence-corrected chi connectivity index (χ4v) is 3.37. The van der Waals surface area contributed by atoms with E-state index in [4.69, 9.17) is 25.8 Å². The Hall–Kier alpha value is -1.76. The minimum absolute atomic E-state index is 0.0362. The van der Waals surface area contributed by atoms with E-state index in [0.717, 1.165) is 31.9 Å². The number of carbonyl (C=O) groups excluding carboxylic acids is 1. The molecule has 0 radical (unpaired) electrons. The van der Waals surface area contributed by atoms with Gasteiger partial charge in [-0.15, -0.1) is 0 Å². The Morgan fingerprint density at radius 1 is 1.19 bits per heavy atom. The number of rotatable bonds is 5. The fourth-order valence-electron chi connectivity index (χ4n) is 3.09. The number of amides is 1. The van der Waals surface area contributed by atoms with E-state index in [9.17, 15) is 4.79 Å². The second kappa shape index (κ2) is 8.75. The van der Waals surface area contributed by atoms with Gasteiger partial charge in [0, 0.05) is 31.2 Å². The molecule has 1 aromatic carbocycles. The van der Waals surface area contributed by atoms with Crippen LogP contribution in [0.2, 0.25) is 5.02 Å². The van der Waals surface area contributed by atoms with Crippen LogP contribution in [0, 0.1) is 0 Å². The summed E-state index contributed by atoms with van der Waals surface area (Å²) < 4.78 is 16.4. The fraction of sp³-hybridized carbons (Fsp3) is 0.526. The molecule has 142 valence electrons. The third-order valence-corrected chi connectivity index (χ3v) is 5.04. The highest BCUT2D eigenvalue weighted by atomic mass is 35.5. The van der Waals surface area contributed by atoms with Gasteiger partial charge in [0.25, 0.3) is 0 Å². The molecule has 7 heteroatoms. The number of halogens is 1. The molecule has 0 saturated carbocycles. The predicted octanol–water partition coefficient (Wildman–Crippen LogP) is 2.35. The highest BCUT2D eigenvalue weighted by molar-refractivity contribution is 6.32. The Morgan fingerprint density at radius 3 is 2.69 bits per heavy atom. The van der Waals surface area contributed by atoms with Crippen molar-refractivity contribution in [3.8, 4) is 11.5 Å². The summed E-state index contributed by atoms with van der Waals surface area (Å²) in [5.74, 6) is 1.04. The van der Waals surface area contributed by atoms with E-state index < -0.39 is 0 Å². The Balaban J connectivity index is 1.58. The zero-order valence-electron chi connectivity index (χ0n) is 15.2. The van der Waals surface area contributed by atoms with Gasteiger partial charge in [0.1, 0.15) is 13.2 Å². The van der Waals surface area contributed by atoms with Crippen molar-refractivity contribution in [2.24, 2.45) is 0 Å². The van der Waals surface area contributed by atoms with Crippen LogP contribution in [0.25, 0.3) is 6.08 Å². The van der Waals surface area contributed by atoms with Crippen molar-refractivity contribution < 1.29 is 19.0 Å². The van der Waals surface area contributed by atoms with E-state index in [1.54, 1.807) is 12.1 Å². The normalized spacial score (nSPS) is 20.0. The molecular weight excluding hydrogens is 356 g/mol. The number of ether oxygens (including phenoxy) is 3. The lowest BCUT2D eigenvalue weighted by molar-refractivity contribution is -0.117.